The number of thiazole rings is 1. The second-order valence-corrected chi connectivity index (χ2v) is 6.28. The number of aromatic nitrogens is 1. The first-order valence-electron chi connectivity index (χ1n) is 6.75. The molecule has 94 valence electrons. The molecule has 0 amide bonds. The first-order chi connectivity index (χ1) is 8.42. The van der Waals surface area contributed by atoms with Gasteiger partial charge >= 0.3 is 0 Å². The minimum Gasteiger partial charge on any atom is -0.316 e. The fourth-order valence-corrected chi connectivity index (χ4v) is 3.34. The molecule has 2 fully saturated rings. The Morgan fingerprint density at radius 2 is 2.35 bits per heavy atom. The van der Waals surface area contributed by atoms with Crippen molar-refractivity contribution in [1.29, 1.82) is 0 Å². The number of rotatable bonds is 5. The molecule has 1 aromatic rings. The van der Waals surface area contributed by atoms with E-state index in [9.17, 15) is 0 Å². The summed E-state index contributed by atoms with van der Waals surface area (Å²) in [4.78, 5) is 7.08. The molecule has 0 aromatic carbocycles. The Balaban J connectivity index is 1.56. The summed E-state index contributed by atoms with van der Waals surface area (Å²) >= 11 is 1.79. The summed E-state index contributed by atoms with van der Waals surface area (Å²) in [6, 6.07) is 0.848. The van der Waals surface area contributed by atoms with Crippen LogP contribution in [-0.4, -0.2) is 35.6 Å². The van der Waals surface area contributed by atoms with E-state index in [4.69, 9.17) is 0 Å². The second kappa shape index (κ2) is 5.46. The highest BCUT2D eigenvalue weighted by atomic mass is 32.1. The van der Waals surface area contributed by atoms with Gasteiger partial charge in [-0.3, -0.25) is 4.90 Å². The molecule has 2 aliphatic rings. The lowest BCUT2D eigenvalue weighted by atomic mass is 9.99. The number of nitrogens with one attached hydrogen (secondary N) is 1. The lowest BCUT2D eigenvalue weighted by Crippen LogP contribution is -2.39. The summed E-state index contributed by atoms with van der Waals surface area (Å²) in [6.07, 6.45) is 7.46. The van der Waals surface area contributed by atoms with Gasteiger partial charge in [-0.15, -0.1) is 11.3 Å². The predicted molar refractivity (Wildman–Crippen MR) is 71.1 cm³/mol. The molecular weight excluding hydrogens is 230 g/mol. The molecule has 3 nitrogen and oxygen atoms in total. The summed E-state index contributed by atoms with van der Waals surface area (Å²) in [7, 11) is 0. The van der Waals surface area contributed by atoms with Gasteiger partial charge in [0.25, 0.3) is 0 Å². The van der Waals surface area contributed by atoms with Crippen molar-refractivity contribution >= 4 is 11.3 Å². The standard InChI is InChI=1S/C13H21N3S/c1-2-11(8-14-5-1)9-16(12-3-4-12)10-13-15-6-7-17-13/h6-7,11-12,14H,1-5,8-10H2. The summed E-state index contributed by atoms with van der Waals surface area (Å²) in [5.41, 5.74) is 0. The highest BCUT2D eigenvalue weighted by Crippen LogP contribution is 2.30. The topological polar surface area (TPSA) is 28.2 Å². The Morgan fingerprint density at radius 1 is 1.41 bits per heavy atom. The molecular formula is C13H21N3S. The molecule has 0 spiro atoms. The Labute approximate surface area is 107 Å². The Bertz CT molecular complexity index is 328. The van der Waals surface area contributed by atoms with Gasteiger partial charge in [0.1, 0.15) is 5.01 Å². The highest BCUT2D eigenvalue weighted by molar-refractivity contribution is 7.09. The van der Waals surface area contributed by atoms with E-state index in [2.05, 4.69) is 20.6 Å². The monoisotopic (exact) mass is 251 g/mol. The third kappa shape index (κ3) is 3.27. The summed E-state index contributed by atoms with van der Waals surface area (Å²) in [5.74, 6) is 0.851. The van der Waals surface area contributed by atoms with Crippen molar-refractivity contribution < 1.29 is 0 Å². The zero-order valence-corrected chi connectivity index (χ0v) is 11.1. The van der Waals surface area contributed by atoms with Gasteiger partial charge in [0.15, 0.2) is 0 Å². The van der Waals surface area contributed by atoms with E-state index in [1.54, 1.807) is 11.3 Å². The largest absolute Gasteiger partial charge is 0.316 e. The van der Waals surface area contributed by atoms with E-state index in [-0.39, 0.29) is 0 Å². The Hall–Kier alpha value is -0.450. The van der Waals surface area contributed by atoms with Crippen LogP contribution >= 0.6 is 11.3 Å². The van der Waals surface area contributed by atoms with E-state index in [1.807, 2.05) is 6.20 Å². The van der Waals surface area contributed by atoms with Crippen LogP contribution in [0.2, 0.25) is 0 Å². The summed E-state index contributed by atoms with van der Waals surface area (Å²) < 4.78 is 0. The second-order valence-electron chi connectivity index (χ2n) is 5.30. The fraction of sp³-hybridized carbons (Fsp3) is 0.769. The van der Waals surface area contributed by atoms with Crippen molar-refractivity contribution in [1.82, 2.24) is 15.2 Å². The lowest BCUT2D eigenvalue weighted by molar-refractivity contribution is 0.192. The molecule has 1 saturated heterocycles. The van der Waals surface area contributed by atoms with Gasteiger partial charge in [-0.1, -0.05) is 0 Å². The van der Waals surface area contributed by atoms with Crippen LogP contribution in [-0.2, 0) is 6.54 Å². The molecule has 1 unspecified atom stereocenters. The van der Waals surface area contributed by atoms with Gasteiger partial charge in [0.05, 0.1) is 6.54 Å². The Kier molecular flexibility index (Phi) is 3.74. The smallest absolute Gasteiger partial charge is 0.107 e. The molecule has 1 aliphatic heterocycles. The normalized spacial score (nSPS) is 25.4. The molecule has 3 rings (SSSR count). The lowest BCUT2D eigenvalue weighted by Gasteiger charge is -2.29. The van der Waals surface area contributed by atoms with Crippen LogP contribution in [0.25, 0.3) is 0 Å². The number of hydrogen-bond donors (Lipinski definition) is 1. The fourth-order valence-electron chi connectivity index (χ4n) is 2.70. The number of hydrogen-bond acceptors (Lipinski definition) is 4. The van der Waals surface area contributed by atoms with Gasteiger partial charge in [0, 0.05) is 24.2 Å². The van der Waals surface area contributed by atoms with Crippen LogP contribution in [0.4, 0.5) is 0 Å². The first kappa shape index (κ1) is 11.6. The van der Waals surface area contributed by atoms with E-state index in [0.29, 0.717) is 0 Å². The first-order valence-corrected chi connectivity index (χ1v) is 7.63. The van der Waals surface area contributed by atoms with Gasteiger partial charge in [0.2, 0.25) is 0 Å². The van der Waals surface area contributed by atoms with Crippen molar-refractivity contribution in [3.63, 3.8) is 0 Å². The van der Waals surface area contributed by atoms with Gasteiger partial charge < -0.3 is 5.32 Å². The molecule has 1 aromatic heterocycles. The van der Waals surface area contributed by atoms with E-state index in [1.165, 1.54) is 50.3 Å². The molecule has 1 aliphatic carbocycles. The van der Waals surface area contributed by atoms with Crippen molar-refractivity contribution in [2.24, 2.45) is 5.92 Å². The number of nitrogens with zero attached hydrogens (tertiary/aromatic N) is 2. The predicted octanol–water partition coefficient (Wildman–Crippen LogP) is 2.11. The molecule has 1 atom stereocenters. The van der Waals surface area contributed by atoms with Crippen LogP contribution in [0.5, 0.6) is 0 Å². The molecule has 1 saturated carbocycles. The van der Waals surface area contributed by atoms with E-state index >= 15 is 0 Å². The minimum atomic E-state index is 0.848. The van der Waals surface area contributed by atoms with E-state index in [0.717, 1.165) is 18.5 Å². The van der Waals surface area contributed by atoms with Gasteiger partial charge in [-0.05, 0) is 44.7 Å². The van der Waals surface area contributed by atoms with Crippen LogP contribution in [0.1, 0.15) is 30.7 Å². The van der Waals surface area contributed by atoms with Gasteiger partial charge in [-0.2, -0.15) is 0 Å². The van der Waals surface area contributed by atoms with Crippen molar-refractivity contribution in [3.8, 4) is 0 Å². The average Bonchev–Trinajstić information content (AvgIpc) is 3.09. The maximum Gasteiger partial charge on any atom is 0.107 e. The Morgan fingerprint density at radius 3 is 3.00 bits per heavy atom. The van der Waals surface area contributed by atoms with Crippen molar-refractivity contribution in [2.45, 2.75) is 38.3 Å². The minimum absolute atomic E-state index is 0.848. The summed E-state index contributed by atoms with van der Waals surface area (Å²) in [5, 5.41) is 6.88. The molecule has 17 heavy (non-hydrogen) atoms. The van der Waals surface area contributed by atoms with Gasteiger partial charge in [-0.25, -0.2) is 4.98 Å². The molecule has 0 radical (unpaired) electrons. The van der Waals surface area contributed by atoms with Crippen LogP contribution in [0, 0.1) is 5.92 Å². The quantitative estimate of drug-likeness (QED) is 0.869. The molecule has 0 bridgehead atoms. The van der Waals surface area contributed by atoms with Crippen LogP contribution in [0.3, 0.4) is 0 Å². The molecule has 1 N–H and O–H groups in total. The zero-order chi connectivity index (χ0) is 11.5. The van der Waals surface area contributed by atoms with E-state index < -0.39 is 0 Å². The maximum atomic E-state index is 4.42. The summed E-state index contributed by atoms with van der Waals surface area (Å²) in [6.45, 7) is 4.75. The highest BCUT2D eigenvalue weighted by Gasteiger charge is 2.31. The number of piperidine rings is 1. The molecule has 4 heteroatoms. The average molecular weight is 251 g/mol. The molecule has 2 heterocycles. The van der Waals surface area contributed by atoms with Crippen molar-refractivity contribution in [3.05, 3.63) is 16.6 Å². The maximum absolute atomic E-state index is 4.42. The zero-order valence-electron chi connectivity index (χ0n) is 10.3. The third-order valence-corrected chi connectivity index (χ3v) is 4.54. The third-order valence-electron chi connectivity index (χ3n) is 3.78. The SMILES string of the molecule is c1csc(CN(CC2CCCNC2)C2CC2)n1. The van der Waals surface area contributed by atoms with Crippen LogP contribution in [0.15, 0.2) is 11.6 Å². The van der Waals surface area contributed by atoms with Crippen molar-refractivity contribution in [2.75, 3.05) is 19.6 Å². The van der Waals surface area contributed by atoms with Crippen LogP contribution < -0.4 is 5.32 Å².